The highest BCUT2D eigenvalue weighted by Crippen LogP contribution is 2.07. The first-order valence-electron chi connectivity index (χ1n) is 6.30. The van der Waals surface area contributed by atoms with E-state index in [-0.39, 0.29) is 24.0 Å². The Morgan fingerprint density at radius 1 is 1.50 bits per heavy atom. The fraction of sp³-hybridized carbons (Fsp3) is 0.538. The Morgan fingerprint density at radius 2 is 2.25 bits per heavy atom. The predicted molar refractivity (Wildman–Crippen MR) is 103 cm³/mol. The number of nitrogens with one attached hydrogen (secondary N) is 2. The molecule has 0 aliphatic rings. The Balaban J connectivity index is 0.00000361. The van der Waals surface area contributed by atoms with Gasteiger partial charge in [-0.15, -0.1) is 41.9 Å². The second-order valence-electron chi connectivity index (χ2n) is 3.90. The molecule has 0 aliphatic heterocycles. The van der Waals surface area contributed by atoms with Crippen LogP contribution in [0.2, 0.25) is 0 Å². The number of guanidine groups is 1. The minimum atomic E-state index is 0. The Bertz CT molecular complexity index is 407. The van der Waals surface area contributed by atoms with Crippen molar-refractivity contribution in [3.8, 4) is 0 Å². The van der Waals surface area contributed by atoms with Crippen molar-refractivity contribution in [2.24, 2.45) is 4.99 Å². The van der Waals surface area contributed by atoms with E-state index in [0.717, 1.165) is 47.7 Å². The summed E-state index contributed by atoms with van der Waals surface area (Å²) in [7, 11) is 1.79. The third-order valence-corrected chi connectivity index (χ3v) is 4.12. The van der Waals surface area contributed by atoms with Crippen molar-refractivity contribution in [3.63, 3.8) is 0 Å². The molecule has 0 aromatic carbocycles. The number of rotatable bonds is 8. The van der Waals surface area contributed by atoms with Crippen molar-refractivity contribution in [1.82, 2.24) is 15.6 Å². The Labute approximate surface area is 147 Å². The molecular formula is C13H23IN4S2. The molecule has 0 unspecified atom stereocenters. The zero-order chi connectivity index (χ0) is 13.9. The van der Waals surface area contributed by atoms with Gasteiger partial charge in [0.25, 0.3) is 0 Å². The second-order valence-corrected chi connectivity index (χ2v) is 6.11. The number of nitrogens with zero attached hydrogens (tertiary/aromatic N) is 2. The molecule has 114 valence electrons. The molecule has 1 aromatic heterocycles. The maximum Gasteiger partial charge on any atom is 0.191 e. The molecule has 20 heavy (non-hydrogen) atoms. The average molecular weight is 426 g/mol. The summed E-state index contributed by atoms with van der Waals surface area (Å²) < 4.78 is 0. The van der Waals surface area contributed by atoms with Gasteiger partial charge in [-0.1, -0.05) is 6.08 Å². The molecule has 0 saturated heterocycles. The van der Waals surface area contributed by atoms with Gasteiger partial charge >= 0.3 is 0 Å². The first kappa shape index (κ1) is 19.7. The highest BCUT2D eigenvalue weighted by atomic mass is 127. The van der Waals surface area contributed by atoms with E-state index in [1.807, 2.05) is 24.8 Å². The number of thiazole rings is 1. The van der Waals surface area contributed by atoms with Crippen LogP contribution in [-0.2, 0) is 6.42 Å². The molecule has 0 bridgehead atoms. The minimum Gasteiger partial charge on any atom is -0.356 e. The van der Waals surface area contributed by atoms with Crippen molar-refractivity contribution in [2.75, 3.05) is 31.6 Å². The lowest BCUT2D eigenvalue weighted by Crippen LogP contribution is -2.39. The molecule has 0 amide bonds. The Hall–Kier alpha value is -0.280. The molecule has 2 N–H and O–H groups in total. The van der Waals surface area contributed by atoms with Crippen LogP contribution in [0.25, 0.3) is 0 Å². The molecule has 1 heterocycles. The molecule has 7 heteroatoms. The summed E-state index contributed by atoms with van der Waals surface area (Å²) in [4.78, 5) is 8.62. The molecule has 1 aromatic rings. The van der Waals surface area contributed by atoms with Crippen LogP contribution >= 0.6 is 47.1 Å². The van der Waals surface area contributed by atoms with Crippen LogP contribution in [0.5, 0.6) is 0 Å². The minimum absolute atomic E-state index is 0. The molecule has 0 atom stereocenters. The first-order chi connectivity index (χ1) is 9.26. The summed E-state index contributed by atoms with van der Waals surface area (Å²) >= 11 is 3.55. The Morgan fingerprint density at radius 3 is 2.85 bits per heavy atom. The molecular weight excluding hydrogens is 403 g/mol. The number of hydrogen-bond donors (Lipinski definition) is 2. The van der Waals surface area contributed by atoms with Crippen LogP contribution in [0.3, 0.4) is 0 Å². The summed E-state index contributed by atoms with van der Waals surface area (Å²) in [6, 6.07) is 0. The molecule has 4 nitrogen and oxygen atoms in total. The van der Waals surface area contributed by atoms with E-state index in [1.54, 1.807) is 18.4 Å². The maximum absolute atomic E-state index is 4.43. The van der Waals surface area contributed by atoms with E-state index in [4.69, 9.17) is 0 Å². The zero-order valence-corrected chi connectivity index (χ0v) is 16.0. The quantitative estimate of drug-likeness (QED) is 0.221. The highest BCUT2D eigenvalue weighted by molar-refractivity contribution is 14.0. The normalized spacial score (nSPS) is 10.8. The number of thioether (sulfide) groups is 1. The van der Waals surface area contributed by atoms with Crippen LogP contribution < -0.4 is 10.6 Å². The lowest BCUT2D eigenvalue weighted by atomic mass is 10.3. The lowest BCUT2D eigenvalue weighted by molar-refractivity contribution is 0.801. The van der Waals surface area contributed by atoms with E-state index < -0.39 is 0 Å². The third kappa shape index (κ3) is 8.80. The number of aliphatic imine (C=N–C) groups is 1. The largest absolute Gasteiger partial charge is 0.356 e. The van der Waals surface area contributed by atoms with Crippen LogP contribution in [0.4, 0.5) is 0 Å². The van der Waals surface area contributed by atoms with Gasteiger partial charge in [0.05, 0.1) is 10.7 Å². The van der Waals surface area contributed by atoms with Gasteiger partial charge in [-0.2, -0.15) is 11.8 Å². The Kier molecular flexibility index (Phi) is 12.3. The monoisotopic (exact) mass is 426 g/mol. The lowest BCUT2D eigenvalue weighted by Gasteiger charge is -2.10. The topological polar surface area (TPSA) is 49.3 Å². The van der Waals surface area contributed by atoms with Gasteiger partial charge in [0.15, 0.2) is 5.96 Å². The van der Waals surface area contributed by atoms with Gasteiger partial charge in [0.2, 0.25) is 0 Å². The fourth-order valence-corrected chi connectivity index (χ4v) is 2.69. The van der Waals surface area contributed by atoms with Gasteiger partial charge in [-0.3, -0.25) is 4.99 Å². The van der Waals surface area contributed by atoms with Gasteiger partial charge in [-0.05, 0) is 6.92 Å². The van der Waals surface area contributed by atoms with Gasteiger partial charge in [-0.25, -0.2) is 4.98 Å². The van der Waals surface area contributed by atoms with Crippen molar-refractivity contribution in [3.05, 3.63) is 28.7 Å². The second kappa shape index (κ2) is 12.5. The summed E-state index contributed by atoms with van der Waals surface area (Å²) in [6.07, 6.45) is 2.85. The summed E-state index contributed by atoms with van der Waals surface area (Å²) in [5, 5.41) is 9.81. The van der Waals surface area contributed by atoms with Crippen LogP contribution in [-0.4, -0.2) is 42.6 Å². The number of hydrogen-bond acceptors (Lipinski definition) is 4. The standard InChI is InChI=1S/C13H22N4S2.HI/c1-4-8-18-9-7-16-13(14-3)15-6-5-12-10-19-11(2)17-12;/h4,10H,1,5-9H2,2-3H3,(H2,14,15,16);1H. The van der Waals surface area contributed by atoms with E-state index >= 15 is 0 Å². The van der Waals surface area contributed by atoms with Gasteiger partial charge in [0.1, 0.15) is 0 Å². The molecule has 0 radical (unpaired) electrons. The third-order valence-electron chi connectivity index (χ3n) is 2.34. The van der Waals surface area contributed by atoms with Gasteiger partial charge in [0, 0.05) is 43.4 Å². The number of halogens is 1. The van der Waals surface area contributed by atoms with Crippen LogP contribution in [0.15, 0.2) is 23.0 Å². The van der Waals surface area contributed by atoms with E-state index in [1.165, 1.54) is 0 Å². The van der Waals surface area contributed by atoms with E-state index in [9.17, 15) is 0 Å². The SMILES string of the molecule is C=CCSCCNC(=NC)NCCc1csc(C)n1.I. The van der Waals surface area contributed by atoms with Crippen LogP contribution in [0.1, 0.15) is 10.7 Å². The predicted octanol–water partition coefficient (Wildman–Crippen LogP) is 2.70. The van der Waals surface area contributed by atoms with Gasteiger partial charge < -0.3 is 10.6 Å². The summed E-state index contributed by atoms with van der Waals surface area (Å²) in [5.41, 5.74) is 1.15. The first-order valence-corrected chi connectivity index (χ1v) is 8.34. The molecule has 0 saturated carbocycles. The molecule has 0 aliphatic carbocycles. The molecule has 0 spiro atoms. The fourth-order valence-electron chi connectivity index (χ4n) is 1.46. The molecule has 0 fully saturated rings. The van der Waals surface area contributed by atoms with Crippen molar-refractivity contribution in [2.45, 2.75) is 13.3 Å². The smallest absolute Gasteiger partial charge is 0.191 e. The zero-order valence-electron chi connectivity index (χ0n) is 12.0. The van der Waals surface area contributed by atoms with E-state index in [0.29, 0.717) is 0 Å². The van der Waals surface area contributed by atoms with Crippen molar-refractivity contribution >= 4 is 53.0 Å². The molecule has 1 rings (SSSR count). The number of aryl methyl sites for hydroxylation is 1. The average Bonchev–Trinajstić information content (AvgIpc) is 2.82. The van der Waals surface area contributed by atoms with E-state index in [2.05, 4.69) is 32.6 Å². The number of aromatic nitrogens is 1. The summed E-state index contributed by atoms with van der Waals surface area (Å²) in [6.45, 7) is 7.49. The van der Waals surface area contributed by atoms with Crippen LogP contribution in [0, 0.1) is 6.92 Å². The van der Waals surface area contributed by atoms with Crippen molar-refractivity contribution < 1.29 is 0 Å². The van der Waals surface area contributed by atoms with Crippen molar-refractivity contribution in [1.29, 1.82) is 0 Å². The maximum atomic E-state index is 4.43. The summed E-state index contributed by atoms with van der Waals surface area (Å²) in [5.74, 6) is 2.90. The highest BCUT2D eigenvalue weighted by Gasteiger charge is 2.00.